The molecule has 1 atom stereocenters. The molecule has 2 aromatic rings. The van der Waals surface area contributed by atoms with Gasteiger partial charge in [0.2, 0.25) is 0 Å². The minimum Gasteiger partial charge on any atom is -0.377 e. The van der Waals surface area contributed by atoms with E-state index in [4.69, 9.17) is 10.5 Å². The number of H-pyrrole nitrogens is 1. The van der Waals surface area contributed by atoms with Crippen LogP contribution in [0.15, 0.2) is 30.5 Å². The maximum Gasteiger partial charge on any atom is 0.416 e. The highest BCUT2D eigenvalue weighted by Gasteiger charge is 2.41. The lowest BCUT2D eigenvalue weighted by Gasteiger charge is -2.41. The van der Waals surface area contributed by atoms with Crippen molar-refractivity contribution in [3.8, 4) is 11.3 Å². The molecule has 0 saturated carbocycles. The van der Waals surface area contributed by atoms with E-state index >= 15 is 0 Å². The Hall–Kier alpha value is -1.86. The summed E-state index contributed by atoms with van der Waals surface area (Å²) in [4.78, 5) is 7.50. The first-order valence-corrected chi connectivity index (χ1v) is 6.89. The van der Waals surface area contributed by atoms with E-state index in [0.29, 0.717) is 30.3 Å². The highest BCUT2D eigenvalue weighted by atomic mass is 19.4. The van der Waals surface area contributed by atoms with Crippen LogP contribution in [0, 0.1) is 0 Å². The van der Waals surface area contributed by atoms with Crippen molar-refractivity contribution in [1.29, 1.82) is 0 Å². The van der Waals surface area contributed by atoms with Crippen LogP contribution in [0.4, 0.5) is 13.2 Å². The van der Waals surface area contributed by atoms with E-state index in [2.05, 4.69) is 9.97 Å². The van der Waals surface area contributed by atoms with Gasteiger partial charge in [-0.05, 0) is 12.1 Å². The lowest BCUT2D eigenvalue weighted by molar-refractivity contribution is -0.137. The zero-order valence-corrected chi connectivity index (χ0v) is 11.9. The summed E-state index contributed by atoms with van der Waals surface area (Å²) < 4.78 is 42.8. The molecule has 7 heteroatoms. The molecule has 2 heterocycles. The molecule has 1 aliphatic rings. The van der Waals surface area contributed by atoms with Crippen LogP contribution in [0.1, 0.15) is 24.2 Å². The number of rotatable bonds is 3. The number of hydrogen-bond donors (Lipinski definition) is 2. The van der Waals surface area contributed by atoms with Gasteiger partial charge in [0.15, 0.2) is 0 Å². The number of halogens is 3. The fourth-order valence-electron chi connectivity index (χ4n) is 2.40. The summed E-state index contributed by atoms with van der Waals surface area (Å²) in [6.45, 7) is 2.91. The molecule has 1 aromatic carbocycles. The molecule has 1 aromatic heterocycles. The van der Waals surface area contributed by atoms with E-state index in [-0.39, 0.29) is 5.92 Å². The Bertz CT molecular complexity index is 659. The molecule has 0 bridgehead atoms. The predicted octanol–water partition coefficient (Wildman–Crippen LogP) is 2.93. The Labute approximate surface area is 125 Å². The number of aromatic nitrogens is 2. The average molecular weight is 311 g/mol. The van der Waals surface area contributed by atoms with Gasteiger partial charge in [-0.25, -0.2) is 4.98 Å². The number of nitrogens with one attached hydrogen (secondary N) is 1. The fraction of sp³-hybridized carbons (Fsp3) is 0.400. The third-order valence-electron chi connectivity index (χ3n) is 4.12. The molecular weight excluding hydrogens is 295 g/mol. The Balaban J connectivity index is 1.82. The van der Waals surface area contributed by atoms with Gasteiger partial charge in [-0.2, -0.15) is 13.2 Å². The first-order valence-electron chi connectivity index (χ1n) is 6.89. The Morgan fingerprint density at radius 2 is 1.91 bits per heavy atom. The minimum atomic E-state index is -4.33. The maximum absolute atomic E-state index is 12.6. The molecule has 0 amide bonds. The summed E-state index contributed by atoms with van der Waals surface area (Å²) in [5, 5.41) is 0. The van der Waals surface area contributed by atoms with Crippen molar-refractivity contribution in [2.45, 2.75) is 24.6 Å². The van der Waals surface area contributed by atoms with E-state index < -0.39 is 17.3 Å². The standard InChI is InChI=1S/C15H16F3N3O/c1-9(14(19)7-22-8-14)13-20-6-12(21-13)10-2-4-11(5-3-10)15(16,17)18/h2-6,9H,7-8,19H2,1H3,(H,20,21)/t9-/m0/s1. The molecular formula is C15H16F3N3O. The number of aromatic amines is 1. The van der Waals surface area contributed by atoms with Crippen molar-refractivity contribution in [1.82, 2.24) is 9.97 Å². The van der Waals surface area contributed by atoms with Crippen molar-refractivity contribution in [3.05, 3.63) is 41.9 Å². The highest BCUT2D eigenvalue weighted by molar-refractivity contribution is 5.59. The number of benzene rings is 1. The summed E-state index contributed by atoms with van der Waals surface area (Å²) >= 11 is 0. The van der Waals surface area contributed by atoms with Gasteiger partial charge in [-0.3, -0.25) is 0 Å². The molecule has 4 nitrogen and oxygen atoms in total. The lowest BCUT2D eigenvalue weighted by Crippen LogP contribution is -2.60. The van der Waals surface area contributed by atoms with Gasteiger partial charge < -0.3 is 15.5 Å². The van der Waals surface area contributed by atoms with Crippen molar-refractivity contribution >= 4 is 0 Å². The van der Waals surface area contributed by atoms with Crippen LogP contribution in [0.2, 0.25) is 0 Å². The van der Waals surface area contributed by atoms with E-state index in [9.17, 15) is 13.2 Å². The second kappa shape index (κ2) is 5.10. The summed E-state index contributed by atoms with van der Waals surface area (Å²) in [6.07, 6.45) is -2.66. The van der Waals surface area contributed by atoms with E-state index in [0.717, 1.165) is 12.1 Å². The maximum atomic E-state index is 12.6. The highest BCUT2D eigenvalue weighted by Crippen LogP contribution is 2.33. The Morgan fingerprint density at radius 3 is 2.41 bits per heavy atom. The molecule has 3 N–H and O–H groups in total. The lowest BCUT2D eigenvalue weighted by atomic mass is 9.84. The van der Waals surface area contributed by atoms with E-state index in [1.165, 1.54) is 12.1 Å². The number of hydrogen-bond acceptors (Lipinski definition) is 3. The molecule has 0 spiro atoms. The van der Waals surface area contributed by atoms with Gasteiger partial charge in [0.25, 0.3) is 0 Å². The predicted molar refractivity (Wildman–Crippen MR) is 75.2 cm³/mol. The van der Waals surface area contributed by atoms with Crippen molar-refractivity contribution in [3.63, 3.8) is 0 Å². The monoisotopic (exact) mass is 311 g/mol. The molecule has 0 radical (unpaired) electrons. The second-order valence-corrected chi connectivity index (χ2v) is 5.69. The van der Waals surface area contributed by atoms with E-state index in [1.807, 2.05) is 6.92 Å². The van der Waals surface area contributed by atoms with Crippen LogP contribution in [0.3, 0.4) is 0 Å². The molecule has 3 rings (SSSR count). The van der Waals surface area contributed by atoms with Crippen LogP contribution in [0.25, 0.3) is 11.3 Å². The van der Waals surface area contributed by atoms with E-state index in [1.54, 1.807) is 6.20 Å². The van der Waals surface area contributed by atoms with Crippen LogP contribution in [-0.2, 0) is 10.9 Å². The third-order valence-corrected chi connectivity index (χ3v) is 4.12. The van der Waals surface area contributed by atoms with Crippen LogP contribution >= 0.6 is 0 Å². The zero-order chi connectivity index (χ0) is 16.0. The summed E-state index contributed by atoms with van der Waals surface area (Å²) in [6, 6.07) is 4.94. The Morgan fingerprint density at radius 1 is 1.27 bits per heavy atom. The van der Waals surface area contributed by atoms with Crippen LogP contribution < -0.4 is 5.73 Å². The third kappa shape index (κ3) is 2.62. The summed E-state index contributed by atoms with van der Waals surface area (Å²) in [7, 11) is 0. The van der Waals surface area contributed by atoms with Crippen molar-refractivity contribution < 1.29 is 17.9 Å². The molecule has 1 fully saturated rings. The first kappa shape index (κ1) is 15.1. The fourth-order valence-corrected chi connectivity index (χ4v) is 2.40. The molecule has 118 valence electrons. The SMILES string of the molecule is C[C@@H](c1nc(-c2ccc(C(F)(F)F)cc2)c[nH]1)C1(N)COC1. The van der Waals surface area contributed by atoms with Gasteiger partial charge in [-0.1, -0.05) is 19.1 Å². The topological polar surface area (TPSA) is 63.9 Å². The molecule has 0 unspecified atom stereocenters. The number of ether oxygens (including phenoxy) is 1. The van der Waals surface area contributed by atoms with Crippen molar-refractivity contribution in [2.24, 2.45) is 5.73 Å². The van der Waals surface area contributed by atoms with Gasteiger partial charge in [0.05, 0.1) is 30.0 Å². The van der Waals surface area contributed by atoms with Crippen molar-refractivity contribution in [2.75, 3.05) is 13.2 Å². The summed E-state index contributed by atoms with van der Waals surface area (Å²) in [5.74, 6) is 0.685. The average Bonchev–Trinajstić information content (AvgIpc) is 2.93. The molecule has 1 saturated heterocycles. The Kier molecular flexibility index (Phi) is 3.49. The molecule has 22 heavy (non-hydrogen) atoms. The second-order valence-electron chi connectivity index (χ2n) is 5.69. The number of nitrogens with two attached hydrogens (primary N) is 1. The smallest absolute Gasteiger partial charge is 0.377 e. The van der Waals surface area contributed by atoms with Gasteiger partial charge in [0, 0.05) is 17.7 Å². The first-order chi connectivity index (χ1) is 10.3. The zero-order valence-electron chi connectivity index (χ0n) is 11.9. The minimum absolute atomic E-state index is 0.0237. The van der Waals surface area contributed by atoms with Crippen LogP contribution in [-0.4, -0.2) is 28.7 Å². The quantitative estimate of drug-likeness (QED) is 0.916. The van der Waals surface area contributed by atoms with Crippen LogP contribution in [0.5, 0.6) is 0 Å². The van der Waals surface area contributed by atoms with Gasteiger partial charge >= 0.3 is 6.18 Å². The summed E-state index contributed by atoms with van der Waals surface area (Å²) in [5.41, 5.74) is 6.30. The van der Waals surface area contributed by atoms with Gasteiger partial charge in [0.1, 0.15) is 5.82 Å². The molecule has 1 aliphatic heterocycles. The molecule has 0 aliphatic carbocycles. The normalized spacial score (nSPS) is 18.8. The van der Waals surface area contributed by atoms with Gasteiger partial charge in [-0.15, -0.1) is 0 Å². The largest absolute Gasteiger partial charge is 0.416 e. The number of imidazole rings is 1. The number of alkyl halides is 3. The number of nitrogens with zero attached hydrogens (tertiary/aromatic N) is 1.